The third-order valence-corrected chi connectivity index (χ3v) is 3.89. The van der Waals surface area contributed by atoms with Gasteiger partial charge in [-0.05, 0) is 45.9 Å². The van der Waals surface area contributed by atoms with Crippen LogP contribution in [-0.2, 0) is 0 Å². The van der Waals surface area contributed by atoms with Crippen LogP contribution in [0.5, 0.6) is 0 Å². The van der Waals surface area contributed by atoms with Gasteiger partial charge >= 0.3 is 0 Å². The van der Waals surface area contributed by atoms with Crippen LogP contribution in [0.2, 0.25) is 0 Å². The van der Waals surface area contributed by atoms with Gasteiger partial charge < -0.3 is 15.5 Å². The van der Waals surface area contributed by atoms with Crippen molar-refractivity contribution in [1.29, 1.82) is 0 Å². The number of nitrogen functional groups attached to an aromatic ring is 1. The molecule has 0 aliphatic heterocycles. The number of nitrogens with two attached hydrogens (primary N) is 1. The number of nitro groups is 1. The Kier molecular flexibility index (Phi) is 8.83. The lowest BCUT2D eigenvalue weighted by atomic mass is 10.4. The third kappa shape index (κ3) is 6.19. The predicted octanol–water partition coefficient (Wildman–Crippen LogP) is 3.35. The maximum atomic E-state index is 10.4. The van der Waals surface area contributed by atoms with Gasteiger partial charge in [0.1, 0.15) is 17.8 Å². The lowest BCUT2D eigenvalue weighted by Gasteiger charge is -2.19. The fourth-order valence-electron chi connectivity index (χ4n) is 2.35. The fraction of sp³-hybridized carbons (Fsp3) is 0.444. The highest BCUT2D eigenvalue weighted by Crippen LogP contribution is 2.15. The zero-order valence-corrected chi connectivity index (χ0v) is 15.9. The Balaban J connectivity index is 0.000000263. The number of anilines is 3. The molecule has 0 aliphatic carbocycles. The van der Waals surface area contributed by atoms with Gasteiger partial charge in [0, 0.05) is 32.2 Å². The molecule has 0 saturated heterocycles. The molecule has 2 rings (SSSR count). The highest BCUT2D eigenvalue weighted by Gasteiger charge is 2.07. The molecule has 0 aromatic carbocycles. The van der Waals surface area contributed by atoms with E-state index >= 15 is 0 Å². The lowest BCUT2D eigenvalue weighted by molar-refractivity contribution is -0.385. The van der Waals surface area contributed by atoms with E-state index in [2.05, 4.69) is 28.7 Å². The molecule has 8 nitrogen and oxygen atoms in total. The number of pyridine rings is 2. The summed E-state index contributed by atoms with van der Waals surface area (Å²) in [7, 11) is 0. The molecule has 2 N–H and O–H groups in total. The molecule has 0 unspecified atom stereocenters. The predicted molar refractivity (Wildman–Crippen MR) is 107 cm³/mol. The summed E-state index contributed by atoms with van der Waals surface area (Å²) in [5.41, 5.74) is 6.27. The first-order valence-corrected chi connectivity index (χ1v) is 8.78. The van der Waals surface area contributed by atoms with Crippen LogP contribution in [0.4, 0.5) is 23.0 Å². The van der Waals surface area contributed by atoms with Crippen molar-refractivity contribution in [1.82, 2.24) is 9.97 Å². The first-order valence-electron chi connectivity index (χ1n) is 8.78. The van der Waals surface area contributed by atoms with Crippen LogP contribution in [-0.4, -0.2) is 41.1 Å². The zero-order chi connectivity index (χ0) is 19.5. The summed E-state index contributed by atoms with van der Waals surface area (Å²) in [5, 5.41) is 10.4. The van der Waals surface area contributed by atoms with E-state index in [1.807, 2.05) is 30.9 Å². The normalized spacial score (nSPS) is 9.85. The zero-order valence-electron chi connectivity index (χ0n) is 15.9. The Morgan fingerprint density at radius 2 is 1.35 bits per heavy atom. The maximum absolute atomic E-state index is 10.4. The van der Waals surface area contributed by atoms with Gasteiger partial charge in [-0.2, -0.15) is 0 Å². The van der Waals surface area contributed by atoms with Gasteiger partial charge in [-0.15, -0.1) is 0 Å². The largest absolute Gasteiger partial charge is 0.397 e. The molecule has 2 aromatic heterocycles. The Labute approximate surface area is 154 Å². The van der Waals surface area contributed by atoms with Gasteiger partial charge in [-0.3, -0.25) is 10.1 Å². The molecule has 26 heavy (non-hydrogen) atoms. The average molecular weight is 360 g/mol. The second-order valence-corrected chi connectivity index (χ2v) is 5.43. The van der Waals surface area contributed by atoms with E-state index in [1.165, 1.54) is 12.3 Å². The van der Waals surface area contributed by atoms with Gasteiger partial charge in [0.15, 0.2) is 0 Å². The van der Waals surface area contributed by atoms with Crippen LogP contribution in [0.3, 0.4) is 0 Å². The van der Waals surface area contributed by atoms with E-state index in [4.69, 9.17) is 5.73 Å². The molecule has 0 saturated carbocycles. The summed E-state index contributed by atoms with van der Waals surface area (Å²) in [6.07, 6.45) is 2.97. The number of hydrogen-bond donors (Lipinski definition) is 1. The Morgan fingerprint density at radius 3 is 1.65 bits per heavy atom. The van der Waals surface area contributed by atoms with Crippen molar-refractivity contribution in [2.24, 2.45) is 0 Å². The number of nitrogens with zero attached hydrogens (tertiary/aromatic N) is 5. The van der Waals surface area contributed by atoms with Gasteiger partial charge in [0.2, 0.25) is 0 Å². The van der Waals surface area contributed by atoms with Crippen molar-refractivity contribution in [3.8, 4) is 0 Å². The first-order chi connectivity index (χ1) is 12.5. The molecule has 0 bridgehead atoms. The maximum Gasteiger partial charge on any atom is 0.287 e. The minimum atomic E-state index is -0.445. The molecule has 0 spiro atoms. The summed E-state index contributed by atoms with van der Waals surface area (Å²) in [6.45, 7) is 11.9. The minimum absolute atomic E-state index is 0.0286. The number of hydrogen-bond acceptors (Lipinski definition) is 7. The minimum Gasteiger partial charge on any atom is -0.397 e. The summed E-state index contributed by atoms with van der Waals surface area (Å²) in [6, 6.07) is 6.97. The molecule has 2 aromatic rings. The quantitative estimate of drug-likeness (QED) is 0.597. The smallest absolute Gasteiger partial charge is 0.287 e. The van der Waals surface area contributed by atoms with Crippen molar-refractivity contribution in [2.45, 2.75) is 27.7 Å². The second kappa shape index (κ2) is 10.9. The van der Waals surface area contributed by atoms with Crippen LogP contribution in [0.15, 0.2) is 36.7 Å². The van der Waals surface area contributed by atoms with Crippen LogP contribution >= 0.6 is 0 Å². The monoisotopic (exact) mass is 360 g/mol. The Bertz CT molecular complexity index is 652. The van der Waals surface area contributed by atoms with Crippen LogP contribution in [0.25, 0.3) is 0 Å². The highest BCUT2D eigenvalue weighted by molar-refractivity contribution is 5.45. The molecule has 8 heteroatoms. The van der Waals surface area contributed by atoms with E-state index in [0.29, 0.717) is 5.69 Å². The molecular formula is C18H28N6O2. The average Bonchev–Trinajstić information content (AvgIpc) is 2.66. The fourth-order valence-corrected chi connectivity index (χ4v) is 2.35. The van der Waals surface area contributed by atoms with E-state index in [0.717, 1.165) is 37.8 Å². The van der Waals surface area contributed by atoms with Gasteiger partial charge in [0.25, 0.3) is 5.69 Å². The molecule has 2 heterocycles. The Morgan fingerprint density at radius 1 is 0.885 bits per heavy atom. The van der Waals surface area contributed by atoms with Crippen LogP contribution in [0.1, 0.15) is 27.7 Å². The Hall–Kier alpha value is -2.90. The van der Waals surface area contributed by atoms with Gasteiger partial charge in [0.05, 0.1) is 16.8 Å². The number of rotatable bonds is 7. The molecule has 0 atom stereocenters. The van der Waals surface area contributed by atoms with Crippen LogP contribution < -0.4 is 15.5 Å². The second-order valence-electron chi connectivity index (χ2n) is 5.43. The topological polar surface area (TPSA) is 101 Å². The van der Waals surface area contributed by atoms with Gasteiger partial charge in [-0.1, -0.05) is 0 Å². The highest BCUT2D eigenvalue weighted by atomic mass is 16.6. The third-order valence-electron chi connectivity index (χ3n) is 3.89. The van der Waals surface area contributed by atoms with E-state index in [-0.39, 0.29) is 5.69 Å². The van der Waals surface area contributed by atoms with Crippen molar-refractivity contribution in [2.75, 3.05) is 41.7 Å². The first kappa shape index (κ1) is 21.1. The van der Waals surface area contributed by atoms with Crippen molar-refractivity contribution in [3.63, 3.8) is 0 Å². The van der Waals surface area contributed by atoms with Crippen LogP contribution in [0, 0.1) is 10.1 Å². The van der Waals surface area contributed by atoms with E-state index in [1.54, 1.807) is 12.3 Å². The molecule has 0 fully saturated rings. The summed E-state index contributed by atoms with van der Waals surface area (Å²) >= 11 is 0. The molecule has 0 amide bonds. The molecular weight excluding hydrogens is 332 g/mol. The van der Waals surface area contributed by atoms with Crippen molar-refractivity contribution < 1.29 is 4.92 Å². The van der Waals surface area contributed by atoms with E-state index < -0.39 is 4.92 Å². The van der Waals surface area contributed by atoms with Gasteiger partial charge in [-0.25, -0.2) is 9.97 Å². The molecule has 0 aliphatic rings. The molecule has 142 valence electrons. The van der Waals surface area contributed by atoms with E-state index in [9.17, 15) is 10.1 Å². The lowest BCUT2D eigenvalue weighted by Crippen LogP contribution is -2.22. The number of aromatic nitrogens is 2. The van der Waals surface area contributed by atoms with Crippen molar-refractivity contribution in [3.05, 3.63) is 46.8 Å². The SMILES string of the molecule is CCN(CC)c1ccc(N)cn1.CCN(CC)c1ccc([N+](=O)[O-])cn1. The molecule has 0 radical (unpaired) electrons. The standard InChI is InChI=1S/C9H13N3O2.C9H15N3/c1-3-11(4-2)9-6-5-8(7-10-9)12(13)14;1-3-12(4-2)9-6-5-8(10)7-11-9/h5-7H,3-4H2,1-2H3;5-7H,3-4,10H2,1-2H3. The summed E-state index contributed by atoms with van der Waals surface area (Å²) in [4.78, 5) is 22.4. The van der Waals surface area contributed by atoms with Crippen molar-refractivity contribution >= 4 is 23.0 Å². The summed E-state index contributed by atoms with van der Waals surface area (Å²) < 4.78 is 0. The summed E-state index contributed by atoms with van der Waals surface area (Å²) in [5.74, 6) is 1.77.